The number of amides is 1. The highest BCUT2D eigenvalue weighted by molar-refractivity contribution is 5.81. The van der Waals surface area contributed by atoms with Crippen molar-refractivity contribution in [3.05, 3.63) is 71.3 Å². The summed E-state index contributed by atoms with van der Waals surface area (Å²) >= 11 is 0. The molecule has 1 aliphatic heterocycles. The van der Waals surface area contributed by atoms with Gasteiger partial charge in [-0.2, -0.15) is 0 Å². The van der Waals surface area contributed by atoms with Gasteiger partial charge in [-0.3, -0.25) is 4.79 Å². The molecule has 0 bridgehead atoms. The molecular weight excluding hydrogens is 336 g/mol. The zero-order chi connectivity index (χ0) is 18.7. The largest absolute Gasteiger partial charge is 0.392 e. The second kappa shape index (κ2) is 7.96. The molecule has 3 rings (SSSR count). The van der Waals surface area contributed by atoms with Gasteiger partial charge in [-0.05, 0) is 42.0 Å². The Morgan fingerprint density at radius 3 is 2.42 bits per heavy atom. The van der Waals surface area contributed by atoms with Crippen LogP contribution in [0.2, 0.25) is 0 Å². The van der Waals surface area contributed by atoms with Crippen molar-refractivity contribution in [1.29, 1.82) is 0 Å². The highest BCUT2D eigenvalue weighted by Gasteiger charge is 2.38. The summed E-state index contributed by atoms with van der Waals surface area (Å²) in [6, 6.07) is 13.1. The quantitative estimate of drug-likeness (QED) is 0.857. The molecule has 0 saturated carbocycles. The van der Waals surface area contributed by atoms with Crippen molar-refractivity contribution in [3.63, 3.8) is 0 Å². The Kier molecular flexibility index (Phi) is 5.67. The normalized spacial score (nSPS) is 19.6. The molecule has 26 heavy (non-hydrogen) atoms. The zero-order valence-electron chi connectivity index (χ0n) is 14.7. The lowest BCUT2D eigenvalue weighted by Gasteiger charge is -2.24. The molecule has 1 amide bonds. The zero-order valence-corrected chi connectivity index (χ0v) is 14.7. The molecule has 0 spiro atoms. The van der Waals surface area contributed by atoms with Gasteiger partial charge in [-0.1, -0.05) is 37.3 Å². The molecule has 0 aromatic heterocycles. The van der Waals surface area contributed by atoms with E-state index in [0.717, 1.165) is 11.6 Å². The summed E-state index contributed by atoms with van der Waals surface area (Å²) in [6.07, 6.45) is 0.0714. The summed E-state index contributed by atoms with van der Waals surface area (Å²) < 4.78 is 26.7. The summed E-state index contributed by atoms with van der Waals surface area (Å²) in [6.45, 7) is 2.95. The van der Waals surface area contributed by atoms with E-state index >= 15 is 0 Å². The third-order valence-electron chi connectivity index (χ3n) is 5.03. The maximum atomic E-state index is 13.3. The molecule has 0 aliphatic carbocycles. The maximum Gasteiger partial charge on any atom is 0.228 e. The second-order valence-corrected chi connectivity index (χ2v) is 7.09. The first kappa shape index (κ1) is 18.5. The monoisotopic (exact) mass is 359 g/mol. The predicted molar refractivity (Wildman–Crippen MR) is 95.2 cm³/mol. The number of aliphatic hydroxyl groups excluding tert-OH is 1. The molecule has 0 radical (unpaired) electrons. The highest BCUT2D eigenvalue weighted by Crippen LogP contribution is 2.28. The number of rotatable bonds is 6. The molecule has 1 heterocycles. The van der Waals surface area contributed by atoms with Crippen molar-refractivity contribution < 1.29 is 18.7 Å². The summed E-state index contributed by atoms with van der Waals surface area (Å²) in [7, 11) is 0. The third-order valence-corrected chi connectivity index (χ3v) is 5.03. The lowest BCUT2D eigenvalue weighted by molar-refractivity contribution is -0.135. The molecule has 138 valence electrons. The topological polar surface area (TPSA) is 40.5 Å². The van der Waals surface area contributed by atoms with Crippen LogP contribution in [0.5, 0.6) is 0 Å². The number of hydrogen-bond donors (Lipinski definition) is 1. The Morgan fingerprint density at radius 2 is 1.77 bits per heavy atom. The molecule has 1 fully saturated rings. The minimum Gasteiger partial charge on any atom is -0.392 e. The molecule has 2 aromatic rings. The van der Waals surface area contributed by atoms with Crippen LogP contribution in [0.15, 0.2) is 48.5 Å². The molecular formula is C21H23F2NO2. The van der Waals surface area contributed by atoms with E-state index in [0.29, 0.717) is 31.5 Å². The average molecular weight is 359 g/mol. The molecule has 2 aromatic carbocycles. The fraction of sp³-hybridized carbons (Fsp3) is 0.381. The van der Waals surface area contributed by atoms with Crippen LogP contribution in [0.3, 0.4) is 0 Å². The number of carbonyl (C=O) groups excluding carboxylic acids is 1. The van der Waals surface area contributed by atoms with Gasteiger partial charge in [0.05, 0.1) is 12.0 Å². The summed E-state index contributed by atoms with van der Waals surface area (Å²) in [4.78, 5) is 14.4. The summed E-state index contributed by atoms with van der Waals surface area (Å²) in [5, 5.41) is 10.6. The highest BCUT2D eigenvalue weighted by atomic mass is 19.1. The van der Waals surface area contributed by atoms with Crippen LogP contribution < -0.4 is 0 Å². The molecule has 1 N–H and O–H groups in total. The lowest BCUT2D eigenvalue weighted by atomic mass is 9.87. The lowest BCUT2D eigenvalue weighted by Crippen LogP contribution is -2.35. The van der Waals surface area contributed by atoms with Gasteiger partial charge in [0, 0.05) is 19.2 Å². The number of halogens is 2. The molecule has 0 unspecified atom stereocenters. The van der Waals surface area contributed by atoms with Gasteiger partial charge < -0.3 is 10.0 Å². The van der Waals surface area contributed by atoms with Gasteiger partial charge in [0.2, 0.25) is 5.91 Å². The van der Waals surface area contributed by atoms with Crippen molar-refractivity contribution in [1.82, 2.24) is 4.90 Å². The SMILES string of the molecule is C[C@@H](Cc1cc(F)cc(F)c1)[C@H](O)[C@@H]1CCN(Cc2ccccc2)C1=O. The average Bonchev–Trinajstić information content (AvgIpc) is 2.95. The van der Waals surface area contributed by atoms with Crippen LogP contribution in [0, 0.1) is 23.5 Å². The smallest absolute Gasteiger partial charge is 0.228 e. The van der Waals surface area contributed by atoms with Crippen molar-refractivity contribution in [2.45, 2.75) is 32.4 Å². The van der Waals surface area contributed by atoms with Gasteiger partial charge in [0.15, 0.2) is 0 Å². The van der Waals surface area contributed by atoms with E-state index in [-0.39, 0.29) is 11.8 Å². The van der Waals surface area contributed by atoms with E-state index in [2.05, 4.69) is 0 Å². The molecule has 5 heteroatoms. The first-order valence-corrected chi connectivity index (χ1v) is 8.90. The van der Waals surface area contributed by atoms with Gasteiger partial charge in [0.25, 0.3) is 0 Å². The standard InChI is InChI=1S/C21H23F2NO2/c1-14(9-16-10-17(22)12-18(23)11-16)20(25)19-7-8-24(21(19)26)13-15-5-3-2-4-6-15/h2-6,10-12,14,19-20,25H,7-9,13H2,1H3/t14-,19-,20-/m0/s1. The summed E-state index contributed by atoms with van der Waals surface area (Å²) in [5.41, 5.74) is 1.54. The fourth-order valence-corrected chi connectivity index (χ4v) is 3.66. The van der Waals surface area contributed by atoms with E-state index in [1.807, 2.05) is 30.3 Å². The van der Waals surface area contributed by atoms with Gasteiger partial charge >= 0.3 is 0 Å². The van der Waals surface area contributed by atoms with Crippen LogP contribution in [-0.4, -0.2) is 28.6 Å². The maximum absolute atomic E-state index is 13.3. The van der Waals surface area contributed by atoms with Crippen LogP contribution in [-0.2, 0) is 17.8 Å². The fourth-order valence-electron chi connectivity index (χ4n) is 3.66. The number of carbonyl (C=O) groups is 1. The Labute approximate surface area is 152 Å². The van der Waals surface area contributed by atoms with E-state index in [1.165, 1.54) is 12.1 Å². The van der Waals surface area contributed by atoms with Crippen LogP contribution in [0.1, 0.15) is 24.5 Å². The van der Waals surface area contributed by atoms with Crippen molar-refractivity contribution in [3.8, 4) is 0 Å². The molecule has 3 atom stereocenters. The summed E-state index contributed by atoms with van der Waals surface area (Å²) in [5.74, 6) is -2.06. The molecule has 3 nitrogen and oxygen atoms in total. The van der Waals surface area contributed by atoms with Gasteiger partial charge in [-0.15, -0.1) is 0 Å². The van der Waals surface area contributed by atoms with Crippen LogP contribution in [0.4, 0.5) is 8.78 Å². The molecule has 1 saturated heterocycles. The van der Waals surface area contributed by atoms with Crippen molar-refractivity contribution in [2.75, 3.05) is 6.54 Å². The number of aliphatic hydroxyl groups is 1. The number of likely N-dealkylation sites (tertiary alicyclic amines) is 1. The Bertz CT molecular complexity index is 746. The van der Waals surface area contributed by atoms with Gasteiger partial charge in [0.1, 0.15) is 11.6 Å². The third kappa shape index (κ3) is 4.28. The number of nitrogens with zero attached hydrogens (tertiary/aromatic N) is 1. The van der Waals surface area contributed by atoms with E-state index < -0.39 is 23.7 Å². The van der Waals surface area contributed by atoms with Gasteiger partial charge in [-0.25, -0.2) is 8.78 Å². The van der Waals surface area contributed by atoms with E-state index in [1.54, 1.807) is 11.8 Å². The first-order valence-electron chi connectivity index (χ1n) is 8.90. The van der Waals surface area contributed by atoms with Crippen molar-refractivity contribution >= 4 is 5.91 Å². The van der Waals surface area contributed by atoms with E-state index in [9.17, 15) is 18.7 Å². The number of hydrogen-bond acceptors (Lipinski definition) is 2. The molecule has 1 aliphatic rings. The predicted octanol–water partition coefficient (Wildman–Crippen LogP) is 3.55. The second-order valence-electron chi connectivity index (χ2n) is 7.09. The first-order chi connectivity index (χ1) is 12.4. The van der Waals surface area contributed by atoms with Crippen LogP contribution in [0.25, 0.3) is 0 Å². The Morgan fingerprint density at radius 1 is 1.12 bits per heavy atom. The minimum atomic E-state index is -0.838. The minimum absolute atomic E-state index is 0.0568. The Hall–Kier alpha value is -2.27. The van der Waals surface area contributed by atoms with Crippen LogP contribution >= 0.6 is 0 Å². The van der Waals surface area contributed by atoms with Crippen molar-refractivity contribution in [2.24, 2.45) is 11.8 Å². The number of benzene rings is 2. The van der Waals surface area contributed by atoms with E-state index in [4.69, 9.17) is 0 Å². The Balaban J connectivity index is 1.62.